The molecule has 0 unspecified atom stereocenters. The molecule has 0 spiro atoms. The number of amides is 2. The van der Waals surface area contributed by atoms with Crippen molar-refractivity contribution in [3.63, 3.8) is 0 Å². The van der Waals surface area contributed by atoms with Crippen molar-refractivity contribution in [3.8, 4) is 0 Å². The molecule has 2 aromatic rings. The monoisotopic (exact) mass is 489 g/mol. The average molecular weight is 490 g/mol. The fourth-order valence-corrected chi connectivity index (χ4v) is 4.27. The minimum atomic E-state index is -4.60. The Morgan fingerprint density at radius 1 is 1.06 bits per heavy atom. The Balaban J connectivity index is 1.43. The van der Waals surface area contributed by atoms with Gasteiger partial charge < -0.3 is 10.6 Å². The van der Waals surface area contributed by atoms with Crippen molar-refractivity contribution >= 4 is 45.6 Å². The lowest BCUT2D eigenvalue weighted by atomic mass is 10.2. The maximum atomic E-state index is 13.0. The molecule has 2 heterocycles. The first kappa shape index (κ1) is 24.4. The molecule has 7 nitrogen and oxygen atoms in total. The fourth-order valence-electron chi connectivity index (χ4n) is 3.22. The van der Waals surface area contributed by atoms with Crippen LogP contribution in [0.5, 0.6) is 0 Å². The molecule has 1 aliphatic rings. The summed E-state index contributed by atoms with van der Waals surface area (Å²) in [6.45, 7) is 6.41. The van der Waals surface area contributed by atoms with E-state index in [1.54, 1.807) is 0 Å². The molecule has 2 amide bonds. The third kappa shape index (κ3) is 6.64. The van der Waals surface area contributed by atoms with Gasteiger partial charge in [0.05, 0.1) is 29.4 Å². The highest BCUT2D eigenvalue weighted by atomic mass is 35.5. The largest absolute Gasteiger partial charge is 0.417 e. The van der Waals surface area contributed by atoms with Gasteiger partial charge >= 0.3 is 6.18 Å². The lowest BCUT2D eigenvalue weighted by Gasteiger charge is -2.33. The Kier molecular flexibility index (Phi) is 7.75. The maximum absolute atomic E-state index is 13.0. The summed E-state index contributed by atoms with van der Waals surface area (Å²) in [5, 5.41) is 5.44. The van der Waals surface area contributed by atoms with E-state index in [0.717, 1.165) is 22.7 Å². The number of carbonyl (C=O) groups is 2. The van der Waals surface area contributed by atoms with Gasteiger partial charge in [-0.05, 0) is 32.0 Å². The van der Waals surface area contributed by atoms with Gasteiger partial charge in [-0.2, -0.15) is 13.2 Å². The number of aromatic nitrogens is 1. The van der Waals surface area contributed by atoms with Crippen molar-refractivity contribution in [2.24, 2.45) is 0 Å². The quantitative estimate of drug-likeness (QED) is 0.648. The lowest BCUT2D eigenvalue weighted by Crippen LogP contribution is -2.50. The molecule has 1 saturated heterocycles. The van der Waals surface area contributed by atoms with Crippen LogP contribution in [0.25, 0.3) is 0 Å². The minimum Gasteiger partial charge on any atom is -0.325 e. The number of piperazine rings is 1. The zero-order chi connectivity index (χ0) is 23.5. The van der Waals surface area contributed by atoms with Crippen LogP contribution in [-0.4, -0.2) is 65.9 Å². The first-order valence-electron chi connectivity index (χ1n) is 9.86. The summed E-state index contributed by atoms with van der Waals surface area (Å²) in [5.74, 6) is -0.561. The first-order valence-corrected chi connectivity index (χ1v) is 11.1. The van der Waals surface area contributed by atoms with Gasteiger partial charge in [-0.3, -0.25) is 19.4 Å². The van der Waals surface area contributed by atoms with E-state index in [2.05, 4.69) is 15.6 Å². The van der Waals surface area contributed by atoms with Gasteiger partial charge in [0, 0.05) is 36.7 Å². The van der Waals surface area contributed by atoms with E-state index in [9.17, 15) is 22.8 Å². The smallest absolute Gasteiger partial charge is 0.325 e. The predicted octanol–water partition coefficient (Wildman–Crippen LogP) is 3.63. The molecule has 1 aromatic carbocycles. The molecule has 3 rings (SSSR count). The van der Waals surface area contributed by atoms with Crippen molar-refractivity contribution < 1.29 is 22.8 Å². The van der Waals surface area contributed by atoms with Gasteiger partial charge in [0.1, 0.15) is 0 Å². The number of nitrogens with one attached hydrogen (secondary N) is 2. The normalized spacial score (nSPS) is 15.6. The number of aryl methyl sites for hydroxylation is 2. The molecule has 1 aliphatic heterocycles. The number of benzene rings is 1. The van der Waals surface area contributed by atoms with Crippen LogP contribution in [-0.2, 0) is 15.8 Å². The van der Waals surface area contributed by atoms with Crippen LogP contribution >= 0.6 is 22.9 Å². The Bertz CT molecular complexity index is 971. The summed E-state index contributed by atoms with van der Waals surface area (Å²) in [7, 11) is 0. The van der Waals surface area contributed by atoms with Crippen molar-refractivity contribution in [2.45, 2.75) is 20.0 Å². The van der Waals surface area contributed by atoms with Crippen molar-refractivity contribution in [2.75, 3.05) is 49.9 Å². The van der Waals surface area contributed by atoms with E-state index < -0.39 is 22.7 Å². The van der Waals surface area contributed by atoms with Crippen LogP contribution in [0.3, 0.4) is 0 Å². The van der Waals surface area contributed by atoms with E-state index >= 15 is 0 Å². The Morgan fingerprint density at radius 2 is 1.62 bits per heavy atom. The summed E-state index contributed by atoms with van der Waals surface area (Å²) >= 11 is 7.03. The van der Waals surface area contributed by atoms with Gasteiger partial charge in [-0.1, -0.05) is 11.6 Å². The lowest BCUT2D eigenvalue weighted by molar-refractivity contribution is -0.137. The van der Waals surface area contributed by atoms with Crippen LogP contribution in [0.15, 0.2) is 18.2 Å². The second-order valence-corrected chi connectivity index (χ2v) is 9.11. The molecule has 0 aliphatic carbocycles. The maximum Gasteiger partial charge on any atom is 0.417 e. The Hall–Kier alpha value is -2.21. The van der Waals surface area contributed by atoms with Crippen LogP contribution < -0.4 is 10.6 Å². The fraction of sp³-hybridized carbons (Fsp3) is 0.450. The second kappa shape index (κ2) is 10.2. The van der Waals surface area contributed by atoms with Gasteiger partial charge in [-0.25, -0.2) is 4.98 Å². The van der Waals surface area contributed by atoms with Crippen LogP contribution in [0.1, 0.15) is 16.1 Å². The second-order valence-electron chi connectivity index (χ2n) is 7.50. The van der Waals surface area contributed by atoms with E-state index in [0.29, 0.717) is 31.3 Å². The summed E-state index contributed by atoms with van der Waals surface area (Å²) in [6.07, 6.45) is -4.60. The summed E-state index contributed by atoms with van der Waals surface area (Å²) < 4.78 is 38.9. The molecule has 0 atom stereocenters. The molecule has 12 heteroatoms. The number of carbonyl (C=O) groups excluding carboxylic acids is 2. The van der Waals surface area contributed by atoms with Crippen LogP contribution in [0.4, 0.5) is 24.0 Å². The molecule has 0 bridgehead atoms. The molecule has 1 fully saturated rings. The minimum absolute atomic E-state index is 0.0368. The number of anilines is 2. The van der Waals surface area contributed by atoms with Gasteiger partial charge in [-0.15, -0.1) is 11.3 Å². The predicted molar refractivity (Wildman–Crippen MR) is 118 cm³/mol. The zero-order valence-corrected chi connectivity index (χ0v) is 19.1. The molecule has 2 N–H and O–H groups in total. The molecular weight excluding hydrogens is 467 g/mol. The van der Waals surface area contributed by atoms with E-state index in [-0.39, 0.29) is 24.7 Å². The standard InChI is InChI=1S/C20H23ClF3N5O2S/c1-12-13(2)32-19(25-12)27-18(31)11-29-7-5-28(6-8-29)10-17(30)26-14-3-4-16(21)15(9-14)20(22,23)24/h3-4,9H,5-8,10-11H2,1-2H3,(H,26,30)(H,25,27,31). The highest BCUT2D eigenvalue weighted by Crippen LogP contribution is 2.36. The van der Waals surface area contributed by atoms with E-state index in [4.69, 9.17) is 11.6 Å². The zero-order valence-electron chi connectivity index (χ0n) is 17.6. The third-order valence-corrected chi connectivity index (χ3v) is 6.35. The number of rotatable bonds is 6. The summed E-state index contributed by atoms with van der Waals surface area (Å²) in [4.78, 5) is 33.7. The highest BCUT2D eigenvalue weighted by Gasteiger charge is 2.33. The molecular formula is C20H23ClF3N5O2S. The molecule has 1 aromatic heterocycles. The van der Waals surface area contributed by atoms with Crippen molar-refractivity contribution in [1.82, 2.24) is 14.8 Å². The van der Waals surface area contributed by atoms with E-state index in [1.165, 1.54) is 17.4 Å². The third-order valence-electron chi connectivity index (χ3n) is 5.03. The highest BCUT2D eigenvalue weighted by molar-refractivity contribution is 7.15. The SMILES string of the molecule is Cc1nc(NC(=O)CN2CCN(CC(=O)Nc3ccc(Cl)c(C(F)(F)F)c3)CC2)sc1C. The number of nitrogens with zero attached hydrogens (tertiary/aromatic N) is 3. The van der Waals surface area contributed by atoms with Gasteiger partial charge in [0.2, 0.25) is 11.8 Å². The Morgan fingerprint density at radius 3 is 2.12 bits per heavy atom. The van der Waals surface area contributed by atoms with E-state index in [1.807, 2.05) is 23.6 Å². The van der Waals surface area contributed by atoms with Gasteiger partial charge in [0.15, 0.2) is 5.13 Å². The molecule has 0 saturated carbocycles. The first-order chi connectivity index (χ1) is 15.0. The van der Waals surface area contributed by atoms with Crippen molar-refractivity contribution in [1.29, 1.82) is 0 Å². The number of halogens is 4. The number of hydrogen-bond acceptors (Lipinski definition) is 6. The van der Waals surface area contributed by atoms with Gasteiger partial charge in [0.25, 0.3) is 0 Å². The molecule has 174 valence electrons. The van der Waals surface area contributed by atoms with Crippen molar-refractivity contribution in [3.05, 3.63) is 39.4 Å². The number of thiazole rings is 1. The molecule has 32 heavy (non-hydrogen) atoms. The van der Waals surface area contributed by atoms with Crippen LogP contribution in [0.2, 0.25) is 5.02 Å². The summed E-state index contributed by atoms with van der Waals surface area (Å²) in [6, 6.07) is 3.26. The number of hydrogen-bond donors (Lipinski definition) is 2. The van der Waals surface area contributed by atoms with Crippen LogP contribution in [0, 0.1) is 13.8 Å². The number of alkyl halides is 3. The summed E-state index contributed by atoms with van der Waals surface area (Å²) in [5.41, 5.74) is -0.0629. The topological polar surface area (TPSA) is 77.6 Å². The average Bonchev–Trinajstić information content (AvgIpc) is 3.00. The molecule has 0 radical (unpaired) electrons. The Labute approximate surface area is 192 Å².